The lowest BCUT2D eigenvalue weighted by atomic mass is 10.2. The minimum atomic E-state index is -0.539. The minimum absolute atomic E-state index is 0.250. The van der Waals surface area contributed by atoms with Gasteiger partial charge in [-0.15, -0.1) is 0 Å². The van der Waals surface area contributed by atoms with Crippen molar-refractivity contribution in [1.82, 2.24) is 10.1 Å². The van der Waals surface area contributed by atoms with E-state index < -0.39 is 5.92 Å². The first-order chi connectivity index (χ1) is 7.19. The Labute approximate surface area is 87.6 Å². The van der Waals surface area contributed by atoms with Crippen molar-refractivity contribution in [3.63, 3.8) is 0 Å². The molecular formula is C9H14N2O4. The topological polar surface area (TPSA) is 74.5 Å². The van der Waals surface area contributed by atoms with E-state index >= 15 is 0 Å². The lowest BCUT2D eigenvalue weighted by Gasteiger charge is -2.04. The fraction of sp³-hybridized carbons (Fsp3) is 0.667. The van der Waals surface area contributed by atoms with Crippen molar-refractivity contribution < 1.29 is 18.8 Å². The molecule has 0 saturated heterocycles. The molecule has 0 aromatic carbocycles. The summed E-state index contributed by atoms with van der Waals surface area (Å²) in [5.74, 6) is -0.239. The van der Waals surface area contributed by atoms with Crippen LogP contribution < -0.4 is 0 Å². The van der Waals surface area contributed by atoms with Crippen LogP contribution in [0.25, 0.3) is 0 Å². The molecule has 1 unspecified atom stereocenters. The predicted octanol–water partition coefficient (Wildman–Crippen LogP) is 0.883. The van der Waals surface area contributed by atoms with Gasteiger partial charge in [-0.25, -0.2) is 0 Å². The largest absolute Gasteiger partial charge is 0.465 e. The summed E-state index contributed by atoms with van der Waals surface area (Å²) in [5, 5.41) is 3.65. The van der Waals surface area contributed by atoms with E-state index in [4.69, 9.17) is 14.0 Å². The fourth-order valence-electron chi connectivity index (χ4n) is 0.999. The zero-order chi connectivity index (χ0) is 11.3. The molecule has 15 heavy (non-hydrogen) atoms. The van der Waals surface area contributed by atoms with Gasteiger partial charge in [-0.2, -0.15) is 4.98 Å². The van der Waals surface area contributed by atoms with E-state index in [1.54, 1.807) is 13.8 Å². The van der Waals surface area contributed by atoms with Crippen molar-refractivity contribution in [2.45, 2.75) is 26.4 Å². The van der Waals surface area contributed by atoms with Crippen molar-refractivity contribution in [2.75, 3.05) is 13.7 Å². The molecule has 1 rings (SSSR count). The highest BCUT2D eigenvalue weighted by atomic mass is 16.5. The van der Waals surface area contributed by atoms with Gasteiger partial charge in [0.2, 0.25) is 5.89 Å². The maximum Gasteiger partial charge on any atom is 0.318 e. The van der Waals surface area contributed by atoms with Crippen molar-refractivity contribution in [2.24, 2.45) is 0 Å². The van der Waals surface area contributed by atoms with Gasteiger partial charge in [0, 0.05) is 7.11 Å². The second-order valence-corrected chi connectivity index (χ2v) is 2.96. The number of carbonyl (C=O) groups is 1. The molecule has 0 spiro atoms. The molecule has 6 nitrogen and oxygen atoms in total. The van der Waals surface area contributed by atoms with E-state index in [0.29, 0.717) is 12.4 Å². The first-order valence-corrected chi connectivity index (χ1v) is 4.67. The van der Waals surface area contributed by atoms with Gasteiger partial charge in [-0.3, -0.25) is 4.79 Å². The summed E-state index contributed by atoms with van der Waals surface area (Å²) in [7, 11) is 1.53. The first kappa shape index (κ1) is 11.6. The van der Waals surface area contributed by atoms with Crippen LogP contribution in [0.1, 0.15) is 31.5 Å². The first-order valence-electron chi connectivity index (χ1n) is 4.67. The summed E-state index contributed by atoms with van der Waals surface area (Å²) in [6.45, 7) is 4.00. The van der Waals surface area contributed by atoms with Crippen LogP contribution in [0.3, 0.4) is 0 Å². The SMILES string of the molecule is CCOC(=O)C(C)c1nc(COC)no1. The molecule has 0 bridgehead atoms. The zero-order valence-electron chi connectivity index (χ0n) is 9.02. The van der Waals surface area contributed by atoms with Crippen LogP contribution in [-0.2, 0) is 20.9 Å². The summed E-state index contributed by atoms with van der Waals surface area (Å²) >= 11 is 0. The molecule has 0 N–H and O–H groups in total. The van der Waals surface area contributed by atoms with Gasteiger partial charge in [0.15, 0.2) is 5.82 Å². The number of hydrogen-bond acceptors (Lipinski definition) is 6. The van der Waals surface area contributed by atoms with E-state index in [2.05, 4.69) is 10.1 Å². The minimum Gasteiger partial charge on any atom is -0.465 e. The zero-order valence-corrected chi connectivity index (χ0v) is 9.02. The molecule has 1 heterocycles. The van der Waals surface area contributed by atoms with Gasteiger partial charge < -0.3 is 14.0 Å². The number of nitrogens with zero attached hydrogens (tertiary/aromatic N) is 2. The molecule has 0 saturated carbocycles. The molecule has 6 heteroatoms. The highest BCUT2D eigenvalue weighted by molar-refractivity contribution is 5.76. The lowest BCUT2D eigenvalue weighted by Crippen LogP contribution is -2.13. The third-order valence-corrected chi connectivity index (χ3v) is 1.77. The van der Waals surface area contributed by atoms with Crippen LogP contribution in [0.2, 0.25) is 0 Å². The molecule has 0 aliphatic rings. The van der Waals surface area contributed by atoms with Crippen LogP contribution in [0.4, 0.5) is 0 Å². The monoisotopic (exact) mass is 214 g/mol. The van der Waals surface area contributed by atoms with Crippen LogP contribution in [0, 0.1) is 0 Å². The van der Waals surface area contributed by atoms with Gasteiger partial charge in [0.25, 0.3) is 0 Å². The number of aromatic nitrogens is 2. The van der Waals surface area contributed by atoms with Gasteiger partial charge in [0.1, 0.15) is 12.5 Å². The Balaban J connectivity index is 2.64. The summed E-state index contributed by atoms with van der Waals surface area (Å²) < 4.78 is 14.6. The predicted molar refractivity (Wildman–Crippen MR) is 50.1 cm³/mol. The van der Waals surface area contributed by atoms with Gasteiger partial charge in [-0.1, -0.05) is 5.16 Å². The van der Waals surface area contributed by atoms with Gasteiger partial charge >= 0.3 is 5.97 Å². The van der Waals surface area contributed by atoms with Crippen molar-refractivity contribution in [1.29, 1.82) is 0 Å². The smallest absolute Gasteiger partial charge is 0.318 e. The number of hydrogen-bond donors (Lipinski definition) is 0. The van der Waals surface area contributed by atoms with Crippen LogP contribution in [0.5, 0.6) is 0 Å². The maximum absolute atomic E-state index is 11.3. The molecule has 1 aromatic heterocycles. The number of rotatable bonds is 5. The van der Waals surface area contributed by atoms with Gasteiger partial charge in [-0.05, 0) is 13.8 Å². The quantitative estimate of drug-likeness (QED) is 0.677. The molecular weight excluding hydrogens is 200 g/mol. The van der Waals surface area contributed by atoms with Crippen molar-refractivity contribution in [3.05, 3.63) is 11.7 Å². The Bertz CT molecular complexity index is 324. The van der Waals surface area contributed by atoms with E-state index in [1.165, 1.54) is 7.11 Å². The van der Waals surface area contributed by atoms with E-state index in [0.717, 1.165) is 0 Å². The van der Waals surface area contributed by atoms with E-state index in [-0.39, 0.29) is 18.5 Å². The average Bonchev–Trinajstić information content (AvgIpc) is 2.66. The van der Waals surface area contributed by atoms with Gasteiger partial charge in [0.05, 0.1) is 6.61 Å². The number of ether oxygens (including phenoxy) is 2. The molecule has 1 atom stereocenters. The highest BCUT2D eigenvalue weighted by Gasteiger charge is 2.22. The molecule has 84 valence electrons. The molecule has 0 aliphatic carbocycles. The normalized spacial score (nSPS) is 12.5. The Hall–Kier alpha value is -1.43. The molecule has 0 aliphatic heterocycles. The number of carbonyl (C=O) groups excluding carboxylic acids is 1. The Morgan fingerprint density at radius 3 is 2.93 bits per heavy atom. The van der Waals surface area contributed by atoms with E-state index in [9.17, 15) is 4.79 Å². The molecule has 0 radical (unpaired) electrons. The van der Waals surface area contributed by atoms with Crippen molar-refractivity contribution in [3.8, 4) is 0 Å². The molecule has 1 aromatic rings. The molecule has 0 amide bonds. The van der Waals surface area contributed by atoms with Crippen molar-refractivity contribution >= 4 is 5.97 Å². The maximum atomic E-state index is 11.3. The highest BCUT2D eigenvalue weighted by Crippen LogP contribution is 2.14. The third kappa shape index (κ3) is 3.02. The fourth-order valence-corrected chi connectivity index (χ4v) is 0.999. The van der Waals surface area contributed by atoms with Crippen LogP contribution in [-0.4, -0.2) is 29.8 Å². The summed E-state index contributed by atoms with van der Waals surface area (Å²) in [4.78, 5) is 15.3. The number of methoxy groups -OCH3 is 1. The van der Waals surface area contributed by atoms with E-state index in [1.807, 2.05) is 0 Å². The summed E-state index contributed by atoms with van der Waals surface area (Å²) in [6, 6.07) is 0. The summed E-state index contributed by atoms with van der Waals surface area (Å²) in [5.41, 5.74) is 0. The Morgan fingerprint density at radius 2 is 2.33 bits per heavy atom. The third-order valence-electron chi connectivity index (χ3n) is 1.77. The Kier molecular flexibility index (Phi) is 4.23. The number of esters is 1. The summed E-state index contributed by atoms with van der Waals surface area (Å²) in [6.07, 6.45) is 0. The Morgan fingerprint density at radius 1 is 1.60 bits per heavy atom. The van der Waals surface area contributed by atoms with Crippen LogP contribution in [0.15, 0.2) is 4.52 Å². The second-order valence-electron chi connectivity index (χ2n) is 2.96. The average molecular weight is 214 g/mol. The standard InChI is InChI=1S/C9H14N2O4/c1-4-14-9(12)6(2)8-10-7(5-13-3)11-15-8/h6H,4-5H2,1-3H3. The molecule has 0 fully saturated rings. The second kappa shape index (κ2) is 5.45. The lowest BCUT2D eigenvalue weighted by molar-refractivity contribution is -0.145. The van der Waals surface area contributed by atoms with Crippen LogP contribution >= 0.6 is 0 Å².